The minimum atomic E-state index is 0.398. The summed E-state index contributed by atoms with van der Waals surface area (Å²) in [6.07, 6.45) is 4.73. The molecule has 15 heavy (non-hydrogen) atoms. The Hall–Kier alpha value is -0.120. The maximum Gasteiger partial charge on any atom is 0.0623 e. The molecule has 2 N–H and O–H groups in total. The van der Waals surface area contributed by atoms with Crippen LogP contribution in [0.3, 0.4) is 0 Å². The first-order valence-electron chi connectivity index (χ1n) is 6.37. The maximum atomic E-state index is 6.09. The first kappa shape index (κ1) is 11.4. The number of rotatable bonds is 3. The number of nitrogens with two attached hydrogens (primary N) is 1. The van der Waals surface area contributed by atoms with Crippen LogP contribution in [0.2, 0.25) is 0 Å². The summed E-state index contributed by atoms with van der Waals surface area (Å²) in [6, 6.07) is 2.29. The molecule has 0 amide bonds. The van der Waals surface area contributed by atoms with Crippen molar-refractivity contribution in [3.63, 3.8) is 0 Å². The lowest BCUT2D eigenvalue weighted by Gasteiger charge is -2.51. The normalized spacial score (nSPS) is 37.2. The van der Waals surface area contributed by atoms with Crippen LogP contribution in [0.5, 0.6) is 0 Å². The molecule has 2 unspecified atom stereocenters. The molecule has 2 aliphatic heterocycles. The zero-order valence-electron chi connectivity index (χ0n) is 9.98. The van der Waals surface area contributed by atoms with Gasteiger partial charge < -0.3 is 10.5 Å². The van der Waals surface area contributed by atoms with E-state index in [0.29, 0.717) is 18.1 Å². The lowest BCUT2D eigenvalue weighted by molar-refractivity contribution is -0.0986. The molecule has 0 aromatic rings. The second-order valence-corrected chi connectivity index (χ2v) is 4.99. The van der Waals surface area contributed by atoms with Gasteiger partial charge in [-0.25, -0.2) is 0 Å². The summed E-state index contributed by atoms with van der Waals surface area (Å²) >= 11 is 0. The van der Waals surface area contributed by atoms with Gasteiger partial charge in [0, 0.05) is 24.2 Å². The predicted octanol–water partition coefficient (Wildman–Crippen LogP) is 1.37. The Morgan fingerprint density at radius 2 is 1.73 bits per heavy atom. The van der Waals surface area contributed by atoms with E-state index in [1.54, 1.807) is 0 Å². The lowest BCUT2D eigenvalue weighted by Crippen LogP contribution is -2.62. The van der Waals surface area contributed by atoms with Crippen molar-refractivity contribution in [1.82, 2.24) is 4.90 Å². The molecule has 2 rings (SSSR count). The highest BCUT2D eigenvalue weighted by molar-refractivity contribution is 4.95. The van der Waals surface area contributed by atoms with Gasteiger partial charge in [-0.2, -0.15) is 0 Å². The first-order chi connectivity index (χ1) is 7.26. The van der Waals surface area contributed by atoms with Crippen LogP contribution in [0, 0.1) is 0 Å². The standard InChI is InChI=1S/C12H24N2O/c1-3-10(4-2)14-11-5-9(13)6-12(14)8-15-7-11/h9-12H,3-8,13H2,1-2H3. The van der Waals surface area contributed by atoms with E-state index in [-0.39, 0.29) is 0 Å². The summed E-state index contributed by atoms with van der Waals surface area (Å²) in [7, 11) is 0. The summed E-state index contributed by atoms with van der Waals surface area (Å²) in [6.45, 7) is 6.36. The van der Waals surface area contributed by atoms with Gasteiger partial charge >= 0.3 is 0 Å². The molecule has 2 atom stereocenters. The van der Waals surface area contributed by atoms with E-state index in [2.05, 4.69) is 18.7 Å². The number of nitrogens with zero attached hydrogens (tertiary/aromatic N) is 1. The number of ether oxygens (including phenoxy) is 1. The van der Waals surface area contributed by atoms with Crippen molar-refractivity contribution >= 4 is 0 Å². The van der Waals surface area contributed by atoms with Crippen LogP contribution in [-0.4, -0.2) is 42.3 Å². The molecule has 0 radical (unpaired) electrons. The van der Waals surface area contributed by atoms with Crippen LogP contribution >= 0.6 is 0 Å². The molecule has 0 aromatic heterocycles. The third-order valence-electron chi connectivity index (χ3n) is 3.98. The van der Waals surface area contributed by atoms with Crippen molar-refractivity contribution in [2.45, 2.75) is 63.7 Å². The Morgan fingerprint density at radius 1 is 1.20 bits per heavy atom. The van der Waals surface area contributed by atoms with Crippen LogP contribution in [0.15, 0.2) is 0 Å². The highest BCUT2D eigenvalue weighted by atomic mass is 16.5. The van der Waals surface area contributed by atoms with Gasteiger partial charge in [0.05, 0.1) is 13.2 Å². The Bertz CT molecular complexity index is 192. The summed E-state index contributed by atoms with van der Waals surface area (Å²) in [5.74, 6) is 0. The molecule has 3 nitrogen and oxygen atoms in total. The van der Waals surface area contributed by atoms with E-state index < -0.39 is 0 Å². The van der Waals surface area contributed by atoms with Gasteiger partial charge in [-0.3, -0.25) is 4.90 Å². The molecule has 3 heteroatoms. The van der Waals surface area contributed by atoms with E-state index in [0.717, 1.165) is 32.1 Å². The molecule has 2 bridgehead atoms. The third-order valence-corrected chi connectivity index (χ3v) is 3.98. The quantitative estimate of drug-likeness (QED) is 0.768. The predicted molar refractivity (Wildman–Crippen MR) is 61.8 cm³/mol. The third kappa shape index (κ3) is 2.19. The van der Waals surface area contributed by atoms with Crippen LogP contribution < -0.4 is 5.73 Å². The summed E-state index contributed by atoms with van der Waals surface area (Å²) in [5, 5.41) is 0. The fraction of sp³-hybridized carbons (Fsp3) is 1.00. The second-order valence-electron chi connectivity index (χ2n) is 4.99. The van der Waals surface area contributed by atoms with E-state index in [1.165, 1.54) is 12.8 Å². The van der Waals surface area contributed by atoms with Crippen molar-refractivity contribution in [2.75, 3.05) is 13.2 Å². The molecule has 0 aliphatic carbocycles. The van der Waals surface area contributed by atoms with E-state index >= 15 is 0 Å². The molecule has 0 saturated carbocycles. The van der Waals surface area contributed by atoms with E-state index in [1.807, 2.05) is 0 Å². The van der Waals surface area contributed by atoms with Crippen molar-refractivity contribution < 1.29 is 4.74 Å². The number of piperidine rings is 1. The maximum absolute atomic E-state index is 6.09. The smallest absolute Gasteiger partial charge is 0.0623 e. The van der Waals surface area contributed by atoms with Gasteiger partial charge in [0.15, 0.2) is 0 Å². The number of fused-ring (bicyclic) bond motifs is 2. The Balaban J connectivity index is 2.09. The summed E-state index contributed by atoms with van der Waals surface area (Å²) in [5.41, 5.74) is 6.09. The van der Waals surface area contributed by atoms with Crippen molar-refractivity contribution in [3.8, 4) is 0 Å². The Kier molecular flexibility index (Phi) is 3.65. The fourth-order valence-corrected chi connectivity index (χ4v) is 3.29. The van der Waals surface area contributed by atoms with Gasteiger partial charge in [-0.05, 0) is 25.7 Å². The molecular weight excluding hydrogens is 188 g/mol. The van der Waals surface area contributed by atoms with Gasteiger partial charge in [0.2, 0.25) is 0 Å². The number of hydrogen-bond donors (Lipinski definition) is 1. The van der Waals surface area contributed by atoms with Gasteiger partial charge in [0.1, 0.15) is 0 Å². The zero-order valence-corrected chi connectivity index (χ0v) is 9.98. The SMILES string of the molecule is CCC(CC)N1C2COCC1CC(N)C2. The number of hydrogen-bond acceptors (Lipinski definition) is 3. The summed E-state index contributed by atoms with van der Waals surface area (Å²) < 4.78 is 5.66. The van der Waals surface area contributed by atoms with Gasteiger partial charge in [-0.15, -0.1) is 0 Å². The van der Waals surface area contributed by atoms with Crippen LogP contribution in [-0.2, 0) is 4.74 Å². The van der Waals surface area contributed by atoms with Crippen molar-refractivity contribution in [3.05, 3.63) is 0 Å². The highest BCUT2D eigenvalue weighted by Gasteiger charge is 2.40. The number of morpholine rings is 1. The van der Waals surface area contributed by atoms with E-state index in [4.69, 9.17) is 10.5 Å². The van der Waals surface area contributed by atoms with Crippen LogP contribution in [0.25, 0.3) is 0 Å². The topological polar surface area (TPSA) is 38.5 Å². The molecule has 88 valence electrons. The van der Waals surface area contributed by atoms with Crippen molar-refractivity contribution in [2.24, 2.45) is 5.73 Å². The Morgan fingerprint density at radius 3 is 2.20 bits per heavy atom. The monoisotopic (exact) mass is 212 g/mol. The molecule has 0 aromatic carbocycles. The van der Waals surface area contributed by atoms with Gasteiger partial charge in [-0.1, -0.05) is 13.8 Å². The largest absolute Gasteiger partial charge is 0.378 e. The fourth-order valence-electron chi connectivity index (χ4n) is 3.29. The van der Waals surface area contributed by atoms with Crippen LogP contribution in [0.1, 0.15) is 39.5 Å². The average molecular weight is 212 g/mol. The minimum absolute atomic E-state index is 0.398. The highest BCUT2D eigenvalue weighted by Crippen LogP contribution is 2.30. The molecule has 2 fully saturated rings. The molecule has 2 heterocycles. The second kappa shape index (κ2) is 4.81. The zero-order chi connectivity index (χ0) is 10.8. The Labute approximate surface area is 93.0 Å². The lowest BCUT2D eigenvalue weighted by atomic mass is 9.88. The molecular formula is C12H24N2O. The molecule has 2 aliphatic rings. The van der Waals surface area contributed by atoms with E-state index in [9.17, 15) is 0 Å². The minimum Gasteiger partial charge on any atom is -0.378 e. The summed E-state index contributed by atoms with van der Waals surface area (Å²) in [4.78, 5) is 2.70. The van der Waals surface area contributed by atoms with Crippen molar-refractivity contribution in [1.29, 1.82) is 0 Å². The average Bonchev–Trinajstić information content (AvgIpc) is 2.20. The van der Waals surface area contributed by atoms with Crippen LogP contribution in [0.4, 0.5) is 0 Å². The molecule has 0 spiro atoms. The first-order valence-corrected chi connectivity index (χ1v) is 6.37. The van der Waals surface area contributed by atoms with Gasteiger partial charge in [0.25, 0.3) is 0 Å². The molecule has 2 saturated heterocycles.